The number of pyridine rings is 1. The molecular weight excluding hydrogens is 285 g/mol. The average Bonchev–Trinajstić information content (AvgIpc) is 2.88. The Morgan fingerprint density at radius 2 is 2.00 bits per heavy atom. The third-order valence-electron chi connectivity index (χ3n) is 2.82. The van der Waals surface area contributed by atoms with Crippen molar-refractivity contribution in [2.75, 3.05) is 0 Å². The van der Waals surface area contributed by atoms with Crippen molar-refractivity contribution in [2.24, 2.45) is 0 Å². The van der Waals surface area contributed by atoms with Crippen LogP contribution in [0.5, 0.6) is 0 Å². The first kappa shape index (κ1) is 15.0. The van der Waals surface area contributed by atoms with Crippen molar-refractivity contribution < 1.29 is 18.0 Å². The van der Waals surface area contributed by atoms with Gasteiger partial charge in [-0.2, -0.15) is 18.3 Å². The second-order valence-corrected chi connectivity index (χ2v) is 4.47. The molecule has 2 aromatic heterocycles. The number of halogens is 3. The number of amides is 1. The van der Waals surface area contributed by atoms with Gasteiger partial charge >= 0.3 is 6.18 Å². The monoisotopic (exact) mass is 298 g/mol. The SMILES string of the molecule is CC(NC(=O)Cn1ccc(C(F)(F)F)n1)c1ccncc1. The van der Waals surface area contributed by atoms with E-state index in [1.54, 1.807) is 31.5 Å². The number of carbonyl (C=O) groups excluding carboxylic acids is 1. The van der Waals surface area contributed by atoms with Gasteiger partial charge in [-0.1, -0.05) is 0 Å². The zero-order valence-electron chi connectivity index (χ0n) is 11.1. The van der Waals surface area contributed by atoms with Gasteiger partial charge in [0, 0.05) is 18.6 Å². The summed E-state index contributed by atoms with van der Waals surface area (Å²) in [6, 6.07) is 4.07. The van der Waals surface area contributed by atoms with E-state index >= 15 is 0 Å². The van der Waals surface area contributed by atoms with E-state index in [1.165, 1.54) is 0 Å². The molecule has 0 aliphatic rings. The van der Waals surface area contributed by atoms with Gasteiger partial charge in [0.05, 0.1) is 6.04 Å². The van der Waals surface area contributed by atoms with Crippen LogP contribution in [0.2, 0.25) is 0 Å². The lowest BCUT2D eigenvalue weighted by molar-refractivity contribution is -0.141. The molecule has 1 amide bonds. The summed E-state index contributed by atoms with van der Waals surface area (Å²) in [6.07, 6.45) is -0.187. The Morgan fingerprint density at radius 1 is 1.33 bits per heavy atom. The first-order valence-corrected chi connectivity index (χ1v) is 6.16. The van der Waals surface area contributed by atoms with Crippen molar-refractivity contribution in [3.8, 4) is 0 Å². The molecule has 112 valence electrons. The molecule has 1 N–H and O–H groups in total. The van der Waals surface area contributed by atoms with Crippen LogP contribution in [-0.4, -0.2) is 20.7 Å². The maximum atomic E-state index is 12.4. The van der Waals surface area contributed by atoms with Crippen LogP contribution in [0.1, 0.15) is 24.2 Å². The molecule has 1 atom stereocenters. The highest BCUT2D eigenvalue weighted by molar-refractivity contribution is 5.76. The molecule has 2 aromatic rings. The summed E-state index contributed by atoms with van der Waals surface area (Å²) in [7, 11) is 0. The summed E-state index contributed by atoms with van der Waals surface area (Å²) in [5, 5.41) is 6.01. The molecule has 0 spiro atoms. The van der Waals surface area contributed by atoms with Gasteiger partial charge in [-0.05, 0) is 30.7 Å². The van der Waals surface area contributed by atoms with E-state index in [0.29, 0.717) is 0 Å². The molecule has 0 bridgehead atoms. The van der Waals surface area contributed by atoms with Crippen LogP contribution in [0.3, 0.4) is 0 Å². The lowest BCUT2D eigenvalue weighted by Gasteiger charge is -2.14. The van der Waals surface area contributed by atoms with E-state index in [9.17, 15) is 18.0 Å². The molecule has 0 aliphatic carbocycles. The predicted octanol–water partition coefficient (Wildman–Crippen LogP) is 2.17. The number of alkyl halides is 3. The van der Waals surface area contributed by atoms with E-state index < -0.39 is 17.8 Å². The standard InChI is InChI=1S/C13H13F3N4O/c1-9(10-2-5-17-6-3-10)18-12(21)8-20-7-4-11(19-20)13(14,15)16/h2-7,9H,8H2,1H3,(H,18,21). The van der Waals surface area contributed by atoms with Crippen LogP contribution in [0.4, 0.5) is 13.2 Å². The zero-order chi connectivity index (χ0) is 15.5. The lowest BCUT2D eigenvalue weighted by atomic mass is 10.1. The van der Waals surface area contributed by atoms with Crippen molar-refractivity contribution in [2.45, 2.75) is 25.7 Å². The Kier molecular flexibility index (Phi) is 4.25. The summed E-state index contributed by atoms with van der Waals surface area (Å²) in [5.41, 5.74) is -0.160. The van der Waals surface area contributed by atoms with Gasteiger partial charge < -0.3 is 5.32 Å². The van der Waals surface area contributed by atoms with Crippen molar-refractivity contribution in [3.63, 3.8) is 0 Å². The van der Waals surface area contributed by atoms with Gasteiger partial charge in [0.25, 0.3) is 0 Å². The zero-order valence-corrected chi connectivity index (χ0v) is 11.1. The maximum Gasteiger partial charge on any atom is 0.435 e. The Labute approximate surface area is 118 Å². The molecule has 0 saturated carbocycles. The molecule has 2 rings (SSSR count). The highest BCUT2D eigenvalue weighted by Crippen LogP contribution is 2.27. The number of rotatable bonds is 4. The minimum atomic E-state index is -4.51. The van der Waals surface area contributed by atoms with Crippen LogP contribution in [0.15, 0.2) is 36.8 Å². The number of hydrogen-bond donors (Lipinski definition) is 1. The van der Waals surface area contributed by atoms with Gasteiger partial charge in [0.2, 0.25) is 5.91 Å². The highest BCUT2D eigenvalue weighted by atomic mass is 19.4. The highest BCUT2D eigenvalue weighted by Gasteiger charge is 2.33. The minimum absolute atomic E-state index is 0.266. The Morgan fingerprint density at radius 3 is 2.57 bits per heavy atom. The van der Waals surface area contributed by atoms with Crippen molar-refractivity contribution >= 4 is 5.91 Å². The van der Waals surface area contributed by atoms with Gasteiger partial charge in [0.15, 0.2) is 5.69 Å². The summed E-state index contributed by atoms with van der Waals surface area (Å²) >= 11 is 0. The number of hydrogen-bond acceptors (Lipinski definition) is 3. The lowest BCUT2D eigenvalue weighted by Crippen LogP contribution is -2.30. The molecular formula is C13H13F3N4O. The third-order valence-corrected chi connectivity index (χ3v) is 2.82. The van der Waals surface area contributed by atoms with Gasteiger partial charge in [-0.25, -0.2) is 0 Å². The van der Waals surface area contributed by atoms with Crippen LogP contribution in [0, 0.1) is 0 Å². The van der Waals surface area contributed by atoms with Crippen LogP contribution in [0.25, 0.3) is 0 Å². The smallest absolute Gasteiger partial charge is 0.348 e. The summed E-state index contributed by atoms with van der Waals surface area (Å²) in [6.45, 7) is 1.50. The topological polar surface area (TPSA) is 59.8 Å². The Bertz CT molecular complexity index is 609. The quantitative estimate of drug-likeness (QED) is 0.941. The largest absolute Gasteiger partial charge is 0.435 e. The molecule has 0 aliphatic heterocycles. The first-order chi connectivity index (χ1) is 9.86. The van der Waals surface area contributed by atoms with Crippen molar-refractivity contribution in [1.82, 2.24) is 20.1 Å². The first-order valence-electron chi connectivity index (χ1n) is 6.16. The van der Waals surface area contributed by atoms with Crippen LogP contribution < -0.4 is 5.32 Å². The van der Waals surface area contributed by atoms with Gasteiger partial charge in [-0.15, -0.1) is 0 Å². The fourth-order valence-electron chi connectivity index (χ4n) is 1.77. The Hall–Kier alpha value is -2.38. The van der Waals surface area contributed by atoms with Crippen LogP contribution >= 0.6 is 0 Å². The molecule has 0 radical (unpaired) electrons. The fourth-order valence-corrected chi connectivity index (χ4v) is 1.77. The predicted molar refractivity (Wildman–Crippen MR) is 68.0 cm³/mol. The second kappa shape index (κ2) is 5.94. The normalized spacial score (nSPS) is 13.0. The third kappa shape index (κ3) is 4.04. The average molecular weight is 298 g/mol. The van der Waals surface area contributed by atoms with Crippen LogP contribution in [-0.2, 0) is 17.5 Å². The summed E-state index contributed by atoms with van der Waals surface area (Å²) < 4.78 is 38.1. The number of aromatic nitrogens is 3. The number of carbonyl (C=O) groups is 1. The number of nitrogens with zero attached hydrogens (tertiary/aromatic N) is 3. The molecule has 0 fully saturated rings. The summed E-state index contributed by atoms with van der Waals surface area (Å²) in [4.78, 5) is 15.7. The molecule has 5 nitrogen and oxygen atoms in total. The molecule has 0 saturated heterocycles. The summed E-state index contributed by atoms with van der Waals surface area (Å²) in [5.74, 6) is -0.420. The van der Waals surface area contributed by atoms with E-state index in [-0.39, 0.29) is 12.6 Å². The molecule has 0 aromatic carbocycles. The second-order valence-electron chi connectivity index (χ2n) is 4.47. The van der Waals surface area contributed by atoms with Gasteiger partial charge in [0.1, 0.15) is 6.54 Å². The molecule has 1 unspecified atom stereocenters. The van der Waals surface area contributed by atoms with E-state index in [2.05, 4.69) is 15.4 Å². The molecule has 8 heteroatoms. The van der Waals surface area contributed by atoms with Gasteiger partial charge in [-0.3, -0.25) is 14.5 Å². The fraction of sp³-hybridized carbons (Fsp3) is 0.308. The molecule has 2 heterocycles. The maximum absolute atomic E-state index is 12.4. The van der Waals surface area contributed by atoms with E-state index in [1.807, 2.05) is 0 Å². The Balaban J connectivity index is 1.94. The molecule has 21 heavy (non-hydrogen) atoms. The van der Waals surface area contributed by atoms with Crippen molar-refractivity contribution in [3.05, 3.63) is 48.0 Å². The van der Waals surface area contributed by atoms with E-state index in [0.717, 1.165) is 22.5 Å². The van der Waals surface area contributed by atoms with Crippen molar-refractivity contribution in [1.29, 1.82) is 0 Å². The number of nitrogens with one attached hydrogen (secondary N) is 1. The minimum Gasteiger partial charge on any atom is -0.348 e. The van der Waals surface area contributed by atoms with E-state index in [4.69, 9.17) is 0 Å².